The highest BCUT2D eigenvalue weighted by Crippen LogP contribution is 1.83. The molecule has 0 spiro atoms. The van der Waals surface area contributed by atoms with Crippen molar-refractivity contribution in [3.05, 3.63) is 12.7 Å². The summed E-state index contributed by atoms with van der Waals surface area (Å²) in [5, 5.41) is 2.63. The predicted octanol–water partition coefficient (Wildman–Crippen LogP) is 0.674. The van der Waals surface area contributed by atoms with E-state index in [-0.39, 0.29) is 18.3 Å². The Balaban J connectivity index is 3.25. The third-order valence-electron chi connectivity index (χ3n) is 1.56. The summed E-state index contributed by atoms with van der Waals surface area (Å²) in [6.07, 6.45) is 2.34. The third kappa shape index (κ3) is 7.49. The lowest BCUT2D eigenvalue weighted by atomic mass is 10.3. The molecular weight excluding hydrogens is 182 g/mol. The molecule has 0 atom stereocenters. The van der Waals surface area contributed by atoms with Crippen LogP contribution >= 0.6 is 0 Å². The zero-order chi connectivity index (χ0) is 10.8. The lowest BCUT2D eigenvalue weighted by molar-refractivity contribution is -0.123. The minimum absolute atomic E-state index is 0.0717. The van der Waals surface area contributed by atoms with E-state index in [0.717, 1.165) is 0 Å². The van der Waals surface area contributed by atoms with Crippen LogP contribution in [0.15, 0.2) is 12.7 Å². The van der Waals surface area contributed by atoms with Gasteiger partial charge in [-0.15, -0.1) is 6.58 Å². The average Bonchev–Trinajstić information content (AvgIpc) is 2.17. The Bertz CT molecular complexity index is 202. The lowest BCUT2D eigenvalue weighted by Crippen LogP contribution is -2.27. The van der Waals surface area contributed by atoms with Crippen molar-refractivity contribution in [2.24, 2.45) is 0 Å². The third-order valence-corrected chi connectivity index (χ3v) is 1.56. The molecule has 0 radical (unpaired) electrons. The van der Waals surface area contributed by atoms with Crippen molar-refractivity contribution in [2.75, 3.05) is 19.8 Å². The molecule has 0 aliphatic carbocycles. The van der Waals surface area contributed by atoms with Gasteiger partial charge in [-0.2, -0.15) is 0 Å². The summed E-state index contributed by atoms with van der Waals surface area (Å²) in [5.74, 6) is -0.00663. The van der Waals surface area contributed by atoms with Crippen LogP contribution in [0.2, 0.25) is 0 Å². The number of ether oxygens (including phenoxy) is 1. The molecule has 0 heterocycles. The second kappa shape index (κ2) is 8.44. The first kappa shape index (κ1) is 12.8. The fourth-order valence-corrected chi connectivity index (χ4v) is 0.754. The standard InChI is InChI=1S/C10H17NO3/c1-3-5-10(13)11-6-7-14-8-9(12)4-2/h3H,1,4-8H2,2H3,(H,11,13). The molecule has 4 nitrogen and oxygen atoms in total. The fraction of sp³-hybridized carbons (Fsp3) is 0.600. The Labute approximate surface area is 84.3 Å². The highest BCUT2D eigenvalue weighted by atomic mass is 16.5. The van der Waals surface area contributed by atoms with Gasteiger partial charge in [0.2, 0.25) is 5.91 Å². The van der Waals surface area contributed by atoms with Crippen LogP contribution in [-0.2, 0) is 14.3 Å². The molecule has 1 amide bonds. The zero-order valence-electron chi connectivity index (χ0n) is 8.54. The number of rotatable bonds is 8. The van der Waals surface area contributed by atoms with Crippen LogP contribution in [0, 0.1) is 0 Å². The average molecular weight is 199 g/mol. The molecule has 0 bridgehead atoms. The topological polar surface area (TPSA) is 55.4 Å². The molecule has 80 valence electrons. The minimum atomic E-state index is -0.0783. The molecule has 0 aromatic rings. The number of carbonyl (C=O) groups is 2. The van der Waals surface area contributed by atoms with Gasteiger partial charge >= 0.3 is 0 Å². The number of hydrogen-bond donors (Lipinski definition) is 1. The van der Waals surface area contributed by atoms with Gasteiger partial charge in [0, 0.05) is 19.4 Å². The van der Waals surface area contributed by atoms with E-state index in [1.54, 1.807) is 6.92 Å². The van der Waals surface area contributed by atoms with E-state index in [2.05, 4.69) is 11.9 Å². The van der Waals surface area contributed by atoms with Crippen molar-refractivity contribution in [1.29, 1.82) is 0 Å². The molecule has 0 aromatic heterocycles. The molecular formula is C10H17NO3. The van der Waals surface area contributed by atoms with E-state index >= 15 is 0 Å². The summed E-state index contributed by atoms with van der Waals surface area (Å²) in [4.78, 5) is 21.7. The molecule has 0 aromatic carbocycles. The number of amides is 1. The number of Topliss-reactive ketones (excluding diaryl/α,β-unsaturated/α-hetero) is 1. The molecule has 1 N–H and O–H groups in total. The van der Waals surface area contributed by atoms with E-state index in [9.17, 15) is 9.59 Å². The van der Waals surface area contributed by atoms with E-state index in [1.165, 1.54) is 6.08 Å². The van der Waals surface area contributed by atoms with Crippen molar-refractivity contribution in [3.8, 4) is 0 Å². The van der Waals surface area contributed by atoms with Crippen LogP contribution in [0.4, 0.5) is 0 Å². The smallest absolute Gasteiger partial charge is 0.223 e. The lowest BCUT2D eigenvalue weighted by Gasteiger charge is -2.04. The van der Waals surface area contributed by atoms with Crippen molar-refractivity contribution in [2.45, 2.75) is 19.8 Å². The molecule has 4 heteroatoms. The van der Waals surface area contributed by atoms with E-state index < -0.39 is 0 Å². The molecule has 0 saturated heterocycles. The SMILES string of the molecule is C=CCC(=O)NCCOCC(=O)CC. The molecule has 0 aliphatic rings. The van der Waals surface area contributed by atoms with Crippen LogP contribution in [0.5, 0.6) is 0 Å². The van der Waals surface area contributed by atoms with Crippen molar-refractivity contribution >= 4 is 11.7 Å². The van der Waals surface area contributed by atoms with Crippen molar-refractivity contribution in [3.63, 3.8) is 0 Å². The maximum atomic E-state index is 10.9. The van der Waals surface area contributed by atoms with Crippen molar-refractivity contribution < 1.29 is 14.3 Å². The van der Waals surface area contributed by atoms with Gasteiger partial charge in [0.15, 0.2) is 5.78 Å². The van der Waals surface area contributed by atoms with E-state index in [0.29, 0.717) is 26.0 Å². The number of carbonyl (C=O) groups excluding carboxylic acids is 2. The van der Waals surface area contributed by atoms with Crippen LogP contribution in [0.25, 0.3) is 0 Å². The largest absolute Gasteiger partial charge is 0.372 e. The fourth-order valence-electron chi connectivity index (χ4n) is 0.754. The Morgan fingerprint density at radius 1 is 1.50 bits per heavy atom. The van der Waals surface area contributed by atoms with Crippen LogP contribution < -0.4 is 5.32 Å². The number of nitrogens with one attached hydrogen (secondary N) is 1. The summed E-state index contributed by atoms with van der Waals surface area (Å²) in [7, 11) is 0. The molecule has 14 heavy (non-hydrogen) atoms. The quantitative estimate of drug-likeness (QED) is 0.462. The monoisotopic (exact) mass is 199 g/mol. The summed E-state index contributed by atoms with van der Waals surface area (Å²) in [5.41, 5.74) is 0. The second-order valence-electron chi connectivity index (χ2n) is 2.79. The molecule has 0 saturated carbocycles. The number of ketones is 1. The van der Waals surface area contributed by atoms with Gasteiger partial charge in [0.05, 0.1) is 6.61 Å². The van der Waals surface area contributed by atoms with E-state index in [1.807, 2.05) is 0 Å². The van der Waals surface area contributed by atoms with Crippen LogP contribution in [0.3, 0.4) is 0 Å². The first-order chi connectivity index (χ1) is 6.70. The maximum Gasteiger partial charge on any atom is 0.223 e. The van der Waals surface area contributed by atoms with Crippen LogP contribution in [0.1, 0.15) is 19.8 Å². The van der Waals surface area contributed by atoms with Gasteiger partial charge < -0.3 is 10.1 Å². The highest BCUT2D eigenvalue weighted by Gasteiger charge is 1.98. The first-order valence-electron chi connectivity index (χ1n) is 4.67. The summed E-state index contributed by atoms with van der Waals surface area (Å²) < 4.78 is 5.02. The van der Waals surface area contributed by atoms with Gasteiger partial charge in [-0.1, -0.05) is 13.0 Å². The molecule has 0 fully saturated rings. The highest BCUT2D eigenvalue weighted by molar-refractivity contribution is 5.79. The Kier molecular flexibility index (Phi) is 7.74. The molecule has 0 unspecified atom stereocenters. The number of hydrogen-bond acceptors (Lipinski definition) is 3. The van der Waals surface area contributed by atoms with Gasteiger partial charge in [-0.05, 0) is 0 Å². The molecule has 0 aliphatic heterocycles. The summed E-state index contributed by atoms with van der Waals surface area (Å²) >= 11 is 0. The Morgan fingerprint density at radius 3 is 2.79 bits per heavy atom. The predicted molar refractivity (Wildman–Crippen MR) is 53.9 cm³/mol. The van der Waals surface area contributed by atoms with Crippen LogP contribution in [-0.4, -0.2) is 31.4 Å². The first-order valence-corrected chi connectivity index (χ1v) is 4.67. The second-order valence-corrected chi connectivity index (χ2v) is 2.79. The molecule has 0 rings (SSSR count). The maximum absolute atomic E-state index is 10.9. The van der Waals surface area contributed by atoms with Crippen molar-refractivity contribution in [1.82, 2.24) is 5.32 Å². The van der Waals surface area contributed by atoms with Gasteiger partial charge in [-0.25, -0.2) is 0 Å². The van der Waals surface area contributed by atoms with Gasteiger partial charge in [0.25, 0.3) is 0 Å². The minimum Gasteiger partial charge on any atom is -0.372 e. The Morgan fingerprint density at radius 2 is 2.21 bits per heavy atom. The van der Waals surface area contributed by atoms with E-state index in [4.69, 9.17) is 4.74 Å². The zero-order valence-corrected chi connectivity index (χ0v) is 8.54. The van der Waals surface area contributed by atoms with Gasteiger partial charge in [0.1, 0.15) is 6.61 Å². The summed E-state index contributed by atoms with van der Waals surface area (Å²) in [6, 6.07) is 0. The normalized spacial score (nSPS) is 9.50. The summed E-state index contributed by atoms with van der Waals surface area (Å²) in [6.45, 7) is 6.17. The van der Waals surface area contributed by atoms with Gasteiger partial charge in [-0.3, -0.25) is 9.59 Å². The Hall–Kier alpha value is -1.16.